The largest absolute Gasteiger partial charge is 0.452 e. The zero-order valence-electron chi connectivity index (χ0n) is 8.91. The summed E-state index contributed by atoms with van der Waals surface area (Å²) in [6, 6.07) is 4.20. The molecule has 0 radical (unpaired) electrons. The number of allylic oxidation sites excluding steroid dienone is 1. The first-order chi connectivity index (χ1) is 7.84. The molecule has 2 N–H and O–H groups in total. The van der Waals surface area contributed by atoms with Crippen LogP contribution >= 0.6 is 0 Å². The summed E-state index contributed by atoms with van der Waals surface area (Å²) < 4.78 is 42.1. The Kier molecular flexibility index (Phi) is 3.77. The van der Waals surface area contributed by atoms with Crippen molar-refractivity contribution in [3.63, 3.8) is 0 Å². The molecule has 0 spiro atoms. The minimum atomic E-state index is -4.46. The molecule has 0 heterocycles. The second-order valence-corrected chi connectivity index (χ2v) is 3.14. The second-order valence-electron chi connectivity index (χ2n) is 3.14. The molecule has 1 amide bonds. The first kappa shape index (κ1) is 13.1. The Bertz CT molecular complexity index is 452. The predicted octanol–water partition coefficient (Wildman–Crippen LogP) is 2.47. The smallest absolute Gasteiger partial charge is 0.416 e. The van der Waals surface area contributed by atoms with Crippen molar-refractivity contribution in [1.82, 2.24) is 0 Å². The van der Waals surface area contributed by atoms with Gasteiger partial charge in [-0.05, 0) is 31.2 Å². The molecular formula is C11H10F3NO2. The van der Waals surface area contributed by atoms with Crippen molar-refractivity contribution >= 4 is 5.91 Å². The minimum absolute atomic E-state index is 0.0910. The van der Waals surface area contributed by atoms with E-state index in [1.54, 1.807) is 0 Å². The number of alkyl halides is 3. The summed E-state index contributed by atoms with van der Waals surface area (Å²) in [5.41, 5.74) is 4.11. The molecule has 0 aromatic heterocycles. The Hall–Kier alpha value is -1.98. The molecule has 1 aromatic carbocycles. The number of amides is 1. The second kappa shape index (κ2) is 4.90. The lowest BCUT2D eigenvalue weighted by Crippen LogP contribution is -2.18. The maximum atomic E-state index is 12.4. The SMILES string of the molecule is CC=C(Oc1cccc(C(F)(F)F)c1)C(N)=O. The number of benzene rings is 1. The summed E-state index contributed by atoms with van der Waals surface area (Å²) in [6.07, 6.45) is -3.18. The molecule has 1 rings (SSSR count). The maximum absolute atomic E-state index is 12.4. The van der Waals surface area contributed by atoms with E-state index < -0.39 is 17.6 Å². The van der Waals surface area contributed by atoms with E-state index in [-0.39, 0.29) is 11.5 Å². The van der Waals surface area contributed by atoms with Crippen LogP contribution in [0.5, 0.6) is 5.75 Å². The van der Waals surface area contributed by atoms with Gasteiger partial charge in [0.15, 0.2) is 5.76 Å². The van der Waals surface area contributed by atoms with Crippen LogP contribution in [-0.4, -0.2) is 5.91 Å². The Labute approximate surface area is 95.7 Å². The normalized spacial score (nSPS) is 12.4. The van der Waals surface area contributed by atoms with Gasteiger partial charge in [-0.2, -0.15) is 13.2 Å². The lowest BCUT2D eigenvalue weighted by atomic mass is 10.2. The molecule has 6 heteroatoms. The molecule has 92 valence electrons. The van der Waals surface area contributed by atoms with Crippen LogP contribution in [0.4, 0.5) is 13.2 Å². The van der Waals surface area contributed by atoms with Crippen LogP contribution in [-0.2, 0) is 11.0 Å². The van der Waals surface area contributed by atoms with Crippen molar-refractivity contribution in [2.45, 2.75) is 13.1 Å². The number of carbonyl (C=O) groups is 1. The van der Waals surface area contributed by atoms with E-state index >= 15 is 0 Å². The highest BCUT2D eigenvalue weighted by Gasteiger charge is 2.30. The van der Waals surface area contributed by atoms with Gasteiger partial charge in [0, 0.05) is 0 Å². The van der Waals surface area contributed by atoms with Crippen LogP contribution in [0.15, 0.2) is 36.1 Å². The fraction of sp³-hybridized carbons (Fsp3) is 0.182. The molecule has 0 aliphatic heterocycles. The van der Waals surface area contributed by atoms with Crippen molar-refractivity contribution in [2.24, 2.45) is 5.73 Å². The molecule has 0 aliphatic rings. The van der Waals surface area contributed by atoms with Crippen molar-refractivity contribution in [2.75, 3.05) is 0 Å². The van der Waals surface area contributed by atoms with Crippen molar-refractivity contribution in [3.8, 4) is 5.75 Å². The Morgan fingerprint density at radius 1 is 1.41 bits per heavy atom. The zero-order chi connectivity index (χ0) is 13.1. The topological polar surface area (TPSA) is 52.3 Å². The summed E-state index contributed by atoms with van der Waals surface area (Å²) in [7, 11) is 0. The summed E-state index contributed by atoms with van der Waals surface area (Å²) >= 11 is 0. The zero-order valence-corrected chi connectivity index (χ0v) is 8.91. The highest BCUT2D eigenvalue weighted by Crippen LogP contribution is 2.31. The fourth-order valence-corrected chi connectivity index (χ4v) is 1.11. The highest BCUT2D eigenvalue weighted by molar-refractivity contribution is 5.90. The van der Waals surface area contributed by atoms with Gasteiger partial charge in [-0.1, -0.05) is 6.07 Å². The van der Waals surface area contributed by atoms with E-state index in [0.717, 1.165) is 12.1 Å². The molecule has 1 aromatic rings. The third kappa shape index (κ3) is 3.51. The third-order valence-corrected chi connectivity index (χ3v) is 1.89. The van der Waals surface area contributed by atoms with Crippen LogP contribution in [0.2, 0.25) is 0 Å². The summed E-state index contributed by atoms with van der Waals surface area (Å²) in [4.78, 5) is 10.8. The van der Waals surface area contributed by atoms with Gasteiger partial charge in [0.05, 0.1) is 5.56 Å². The molecule has 0 fully saturated rings. The van der Waals surface area contributed by atoms with Crippen LogP contribution < -0.4 is 10.5 Å². The van der Waals surface area contributed by atoms with Gasteiger partial charge in [-0.15, -0.1) is 0 Å². The van der Waals surface area contributed by atoms with Gasteiger partial charge in [-0.3, -0.25) is 4.79 Å². The van der Waals surface area contributed by atoms with Gasteiger partial charge in [-0.25, -0.2) is 0 Å². The number of hydrogen-bond acceptors (Lipinski definition) is 2. The quantitative estimate of drug-likeness (QED) is 0.657. The Balaban J connectivity index is 2.98. The number of rotatable bonds is 3. The average Bonchev–Trinajstić information content (AvgIpc) is 2.24. The molecule has 17 heavy (non-hydrogen) atoms. The lowest BCUT2D eigenvalue weighted by Gasteiger charge is -2.10. The first-order valence-electron chi connectivity index (χ1n) is 4.66. The molecule has 0 aliphatic carbocycles. The van der Waals surface area contributed by atoms with Gasteiger partial charge < -0.3 is 10.5 Å². The summed E-state index contributed by atoms with van der Waals surface area (Å²) in [6.45, 7) is 1.49. The maximum Gasteiger partial charge on any atom is 0.416 e. The van der Waals surface area contributed by atoms with Crippen LogP contribution in [0, 0.1) is 0 Å². The van der Waals surface area contributed by atoms with Crippen molar-refractivity contribution in [3.05, 3.63) is 41.7 Å². The van der Waals surface area contributed by atoms with Crippen LogP contribution in [0.1, 0.15) is 12.5 Å². The number of hydrogen-bond donors (Lipinski definition) is 1. The number of halogens is 3. The van der Waals surface area contributed by atoms with Gasteiger partial charge >= 0.3 is 6.18 Å². The molecular weight excluding hydrogens is 235 g/mol. The monoisotopic (exact) mass is 245 g/mol. The minimum Gasteiger partial charge on any atom is -0.452 e. The fourth-order valence-electron chi connectivity index (χ4n) is 1.11. The standard InChI is InChI=1S/C11H10F3NO2/c1-2-9(10(15)16)17-8-5-3-4-7(6-8)11(12,13)14/h2-6H,1H3,(H2,15,16). The van der Waals surface area contributed by atoms with E-state index in [1.165, 1.54) is 25.1 Å². The highest BCUT2D eigenvalue weighted by atomic mass is 19.4. The van der Waals surface area contributed by atoms with Crippen LogP contribution in [0.25, 0.3) is 0 Å². The number of primary amides is 1. The lowest BCUT2D eigenvalue weighted by molar-refractivity contribution is -0.137. The molecule has 0 bridgehead atoms. The average molecular weight is 245 g/mol. The van der Waals surface area contributed by atoms with Crippen molar-refractivity contribution < 1.29 is 22.7 Å². The van der Waals surface area contributed by atoms with E-state index in [9.17, 15) is 18.0 Å². The summed E-state index contributed by atoms with van der Waals surface area (Å²) in [5, 5.41) is 0. The molecule has 0 atom stereocenters. The van der Waals surface area contributed by atoms with Crippen LogP contribution in [0.3, 0.4) is 0 Å². The number of carbonyl (C=O) groups excluding carboxylic acids is 1. The third-order valence-electron chi connectivity index (χ3n) is 1.89. The van der Waals surface area contributed by atoms with Gasteiger partial charge in [0.2, 0.25) is 0 Å². The first-order valence-corrected chi connectivity index (χ1v) is 4.66. The molecule has 0 saturated carbocycles. The summed E-state index contributed by atoms with van der Waals surface area (Å²) in [5.74, 6) is -1.14. The van der Waals surface area contributed by atoms with Gasteiger partial charge in [0.1, 0.15) is 5.75 Å². The molecule has 3 nitrogen and oxygen atoms in total. The predicted molar refractivity (Wildman–Crippen MR) is 55.0 cm³/mol. The number of ether oxygens (including phenoxy) is 1. The Morgan fingerprint density at radius 2 is 2.06 bits per heavy atom. The van der Waals surface area contributed by atoms with E-state index in [0.29, 0.717) is 0 Å². The van der Waals surface area contributed by atoms with Crippen molar-refractivity contribution in [1.29, 1.82) is 0 Å². The molecule has 0 saturated heterocycles. The Morgan fingerprint density at radius 3 is 2.53 bits per heavy atom. The van der Waals surface area contributed by atoms with E-state index in [2.05, 4.69) is 0 Å². The van der Waals surface area contributed by atoms with E-state index in [1.807, 2.05) is 0 Å². The number of nitrogens with two attached hydrogens (primary N) is 1. The van der Waals surface area contributed by atoms with E-state index in [4.69, 9.17) is 10.5 Å². The van der Waals surface area contributed by atoms with Gasteiger partial charge in [0.25, 0.3) is 5.91 Å². The molecule has 0 unspecified atom stereocenters.